The Balaban J connectivity index is 1.77. The highest BCUT2D eigenvalue weighted by Gasteiger charge is 2.24. The summed E-state index contributed by atoms with van der Waals surface area (Å²) in [4.78, 5) is 24.3. The zero-order chi connectivity index (χ0) is 15.4. The largest absolute Gasteiger partial charge is 0.300 e. The van der Waals surface area contributed by atoms with Crippen molar-refractivity contribution in [2.24, 2.45) is 5.92 Å². The van der Waals surface area contributed by atoms with Crippen LogP contribution in [0.4, 0.5) is 0 Å². The first-order chi connectivity index (χ1) is 10.7. The highest BCUT2D eigenvalue weighted by atomic mass is 16.1. The number of carbonyl (C=O) groups is 2. The van der Waals surface area contributed by atoms with Crippen LogP contribution in [-0.4, -0.2) is 11.6 Å². The summed E-state index contributed by atoms with van der Waals surface area (Å²) in [5.74, 6) is 0.226. The summed E-state index contributed by atoms with van der Waals surface area (Å²) in [7, 11) is 0. The summed E-state index contributed by atoms with van der Waals surface area (Å²) in [6.45, 7) is 0. The van der Waals surface area contributed by atoms with Gasteiger partial charge in [-0.25, -0.2) is 0 Å². The smallest absolute Gasteiger partial charge is 0.166 e. The lowest BCUT2D eigenvalue weighted by Gasteiger charge is -2.12. The lowest BCUT2D eigenvalue weighted by atomic mass is 9.90. The van der Waals surface area contributed by atoms with E-state index in [1.807, 2.05) is 42.5 Å². The Labute approximate surface area is 131 Å². The molecule has 1 atom stereocenters. The maximum absolute atomic E-state index is 12.6. The molecular formula is C20H20O2. The first-order valence-corrected chi connectivity index (χ1v) is 7.95. The monoisotopic (exact) mass is 292 g/mol. The van der Waals surface area contributed by atoms with Crippen molar-refractivity contribution in [2.75, 3.05) is 0 Å². The van der Waals surface area contributed by atoms with Crippen molar-refractivity contribution in [3.8, 4) is 11.1 Å². The van der Waals surface area contributed by atoms with Gasteiger partial charge in [0.05, 0.1) is 0 Å². The third-order valence-electron chi connectivity index (χ3n) is 4.38. The maximum atomic E-state index is 12.6. The van der Waals surface area contributed by atoms with Gasteiger partial charge in [0.15, 0.2) is 5.78 Å². The number of ketones is 2. The summed E-state index contributed by atoms with van der Waals surface area (Å²) in [5.41, 5.74) is 2.97. The fourth-order valence-corrected chi connectivity index (χ4v) is 3.11. The first-order valence-electron chi connectivity index (χ1n) is 7.95. The van der Waals surface area contributed by atoms with Crippen molar-refractivity contribution in [1.82, 2.24) is 0 Å². The molecule has 1 aliphatic rings. The molecule has 0 aliphatic heterocycles. The molecule has 0 radical (unpaired) electrons. The summed E-state index contributed by atoms with van der Waals surface area (Å²) < 4.78 is 0. The SMILES string of the molecule is O=C1CCCCC(C(=O)c2ccc(-c3ccccc3)cc2)C1. The van der Waals surface area contributed by atoms with Gasteiger partial charge in [0.2, 0.25) is 0 Å². The Morgan fingerprint density at radius 2 is 1.55 bits per heavy atom. The van der Waals surface area contributed by atoms with Gasteiger partial charge in [0, 0.05) is 24.3 Å². The number of Topliss-reactive ketones (excluding diaryl/α,β-unsaturated/α-hetero) is 2. The number of rotatable bonds is 3. The van der Waals surface area contributed by atoms with Gasteiger partial charge in [-0.15, -0.1) is 0 Å². The lowest BCUT2D eigenvalue weighted by molar-refractivity contribution is -0.119. The molecule has 0 heterocycles. The molecule has 0 bridgehead atoms. The Morgan fingerprint density at radius 3 is 2.27 bits per heavy atom. The Hall–Kier alpha value is -2.22. The molecule has 1 saturated carbocycles. The quantitative estimate of drug-likeness (QED) is 0.607. The molecule has 2 heteroatoms. The molecule has 112 valence electrons. The highest BCUT2D eigenvalue weighted by Crippen LogP contribution is 2.26. The third-order valence-corrected chi connectivity index (χ3v) is 4.38. The van der Waals surface area contributed by atoms with Crippen LogP contribution in [0.25, 0.3) is 11.1 Å². The topological polar surface area (TPSA) is 34.1 Å². The molecular weight excluding hydrogens is 272 g/mol. The van der Waals surface area contributed by atoms with Gasteiger partial charge < -0.3 is 0 Å². The van der Waals surface area contributed by atoms with Gasteiger partial charge in [-0.2, -0.15) is 0 Å². The van der Waals surface area contributed by atoms with E-state index in [4.69, 9.17) is 0 Å². The molecule has 0 amide bonds. The van der Waals surface area contributed by atoms with Gasteiger partial charge in [-0.05, 0) is 24.0 Å². The normalized spacial score (nSPS) is 18.7. The van der Waals surface area contributed by atoms with Crippen LogP contribution in [0.2, 0.25) is 0 Å². The van der Waals surface area contributed by atoms with E-state index >= 15 is 0 Å². The lowest BCUT2D eigenvalue weighted by Crippen LogP contribution is -2.16. The standard InChI is InChI=1S/C20H20O2/c21-19-9-5-4-8-18(14-19)20(22)17-12-10-16(11-13-17)15-6-2-1-3-7-15/h1-3,6-7,10-13,18H,4-5,8-9,14H2. The predicted molar refractivity (Wildman–Crippen MR) is 87.8 cm³/mol. The fourth-order valence-electron chi connectivity index (χ4n) is 3.11. The second kappa shape index (κ2) is 6.69. The summed E-state index contributed by atoms with van der Waals surface area (Å²) in [5, 5.41) is 0. The molecule has 0 spiro atoms. The molecule has 0 N–H and O–H groups in total. The Kier molecular flexibility index (Phi) is 4.47. The third kappa shape index (κ3) is 3.33. The fraction of sp³-hybridized carbons (Fsp3) is 0.300. The zero-order valence-corrected chi connectivity index (χ0v) is 12.6. The molecule has 3 rings (SSSR count). The van der Waals surface area contributed by atoms with E-state index in [1.165, 1.54) is 0 Å². The van der Waals surface area contributed by atoms with Crippen LogP contribution in [0.1, 0.15) is 42.5 Å². The number of hydrogen-bond donors (Lipinski definition) is 0. The minimum absolute atomic E-state index is 0.120. The molecule has 2 aromatic carbocycles. The minimum atomic E-state index is -0.127. The predicted octanol–water partition coefficient (Wildman–Crippen LogP) is 4.69. The van der Waals surface area contributed by atoms with Crippen LogP contribution >= 0.6 is 0 Å². The molecule has 0 aromatic heterocycles. The van der Waals surface area contributed by atoms with Crippen LogP contribution in [0.15, 0.2) is 54.6 Å². The molecule has 2 nitrogen and oxygen atoms in total. The molecule has 1 unspecified atom stereocenters. The van der Waals surface area contributed by atoms with Gasteiger partial charge in [-0.1, -0.05) is 61.0 Å². The van der Waals surface area contributed by atoms with E-state index in [2.05, 4.69) is 12.1 Å². The van der Waals surface area contributed by atoms with E-state index < -0.39 is 0 Å². The minimum Gasteiger partial charge on any atom is -0.300 e. The van der Waals surface area contributed by atoms with Crippen molar-refractivity contribution >= 4 is 11.6 Å². The first kappa shape index (κ1) is 14.7. The van der Waals surface area contributed by atoms with Crippen LogP contribution in [0.5, 0.6) is 0 Å². The maximum Gasteiger partial charge on any atom is 0.166 e. The molecule has 22 heavy (non-hydrogen) atoms. The van der Waals surface area contributed by atoms with Crippen molar-refractivity contribution in [3.63, 3.8) is 0 Å². The summed E-state index contributed by atoms with van der Waals surface area (Å²) >= 11 is 0. The average Bonchev–Trinajstić information content (AvgIpc) is 2.80. The van der Waals surface area contributed by atoms with Crippen molar-refractivity contribution in [1.29, 1.82) is 0 Å². The van der Waals surface area contributed by atoms with Gasteiger partial charge in [-0.3, -0.25) is 9.59 Å². The van der Waals surface area contributed by atoms with Gasteiger partial charge in [0.1, 0.15) is 5.78 Å². The second-order valence-electron chi connectivity index (χ2n) is 5.99. The van der Waals surface area contributed by atoms with Crippen molar-refractivity contribution in [3.05, 3.63) is 60.2 Å². The van der Waals surface area contributed by atoms with E-state index in [-0.39, 0.29) is 17.5 Å². The van der Waals surface area contributed by atoms with E-state index in [1.54, 1.807) is 0 Å². The molecule has 1 aliphatic carbocycles. The van der Waals surface area contributed by atoms with Crippen LogP contribution in [0, 0.1) is 5.92 Å². The van der Waals surface area contributed by atoms with Crippen LogP contribution in [0.3, 0.4) is 0 Å². The summed E-state index contributed by atoms with van der Waals surface area (Å²) in [6.07, 6.45) is 3.79. The Morgan fingerprint density at radius 1 is 0.864 bits per heavy atom. The van der Waals surface area contributed by atoms with E-state index in [0.29, 0.717) is 12.8 Å². The summed E-state index contributed by atoms with van der Waals surface area (Å²) in [6, 6.07) is 17.9. The zero-order valence-electron chi connectivity index (χ0n) is 12.6. The number of carbonyl (C=O) groups excluding carboxylic acids is 2. The highest BCUT2D eigenvalue weighted by molar-refractivity contribution is 6.00. The number of benzene rings is 2. The number of hydrogen-bond acceptors (Lipinski definition) is 2. The second-order valence-corrected chi connectivity index (χ2v) is 5.99. The van der Waals surface area contributed by atoms with Crippen molar-refractivity contribution < 1.29 is 9.59 Å². The average molecular weight is 292 g/mol. The van der Waals surface area contributed by atoms with Crippen LogP contribution in [-0.2, 0) is 4.79 Å². The molecule has 2 aromatic rings. The van der Waals surface area contributed by atoms with Gasteiger partial charge in [0.25, 0.3) is 0 Å². The molecule has 1 fully saturated rings. The van der Waals surface area contributed by atoms with Crippen molar-refractivity contribution in [2.45, 2.75) is 32.1 Å². The van der Waals surface area contributed by atoms with Crippen LogP contribution < -0.4 is 0 Å². The van der Waals surface area contributed by atoms with E-state index in [0.717, 1.165) is 36.0 Å². The van der Waals surface area contributed by atoms with Gasteiger partial charge >= 0.3 is 0 Å². The molecule has 0 saturated heterocycles. The van der Waals surface area contributed by atoms with E-state index in [9.17, 15) is 9.59 Å². The Bertz CT molecular complexity index is 656.